The van der Waals surface area contributed by atoms with Crippen LogP contribution < -0.4 is 16.1 Å². The number of hydroxylamine groups is 1. The maximum atomic E-state index is 13.0. The highest BCUT2D eigenvalue weighted by atomic mass is 32.2. The predicted octanol–water partition coefficient (Wildman–Crippen LogP) is 0.664. The third-order valence-corrected chi connectivity index (χ3v) is 7.25. The molecule has 3 amide bonds. The Balaban J connectivity index is 2.00. The third-order valence-electron chi connectivity index (χ3n) is 6.26. The summed E-state index contributed by atoms with van der Waals surface area (Å²) >= 11 is 1.66. The first-order chi connectivity index (χ1) is 20.1. The van der Waals surface area contributed by atoms with Gasteiger partial charge in [0.1, 0.15) is 24.4 Å². The second-order valence-corrected chi connectivity index (χ2v) is 10.8. The van der Waals surface area contributed by atoms with E-state index in [-0.39, 0.29) is 6.61 Å². The van der Waals surface area contributed by atoms with Gasteiger partial charge >= 0.3 is 0 Å². The molecule has 0 heterocycles. The van der Waals surface area contributed by atoms with Crippen molar-refractivity contribution in [2.75, 3.05) is 24.7 Å². The molecule has 0 aliphatic heterocycles. The zero-order valence-corrected chi connectivity index (χ0v) is 24.4. The van der Waals surface area contributed by atoms with Crippen LogP contribution in [0.5, 0.6) is 0 Å². The van der Waals surface area contributed by atoms with E-state index in [0.717, 1.165) is 29.6 Å². The number of nitrogens with one attached hydrogen (secondary N) is 3. The molecule has 0 aromatic heterocycles. The molecular formula is C29H39N3O9S. The van der Waals surface area contributed by atoms with Crippen molar-refractivity contribution in [3.05, 3.63) is 60.2 Å². The lowest BCUT2D eigenvalue weighted by Gasteiger charge is -2.30. The number of carbonyl (C=O) groups excluding carboxylic acids is 4. The molecule has 7 N–H and O–H groups in total. The molecule has 2 aromatic carbocycles. The third kappa shape index (κ3) is 11.2. The summed E-state index contributed by atoms with van der Waals surface area (Å²) < 4.78 is 5.43. The Bertz CT molecular complexity index is 1150. The topological polar surface area (TPSA) is 195 Å². The van der Waals surface area contributed by atoms with Gasteiger partial charge in [0.15, 0.2) is 5.78 Å². The molecule has 0 radical (unpaired) electrons. The van der Waals surface area contributed by atoms with Gasteiger partial charge in [0.25, 0.3) is 11.8 Å². The zero-order valence-electron chi connectivity index (χ0n) is 23.6. The minimum absolute atomic E-state index is 0.113. The highest BCUT2D eigenvalue weighted by molar-refractivity contribution is 7.99. The van der Waals surface area contributed by atoms with Crippen LogP contribution in [0.1, 0.15) is 37.0 Å². The number of benzene rings is 2. The van der Waals surface area contributed by atoms with E-state index in [1.807, 2.05) is 37.3 Å². The number of hydrogen-bond donors (Lipinski definition) is 7. The van der Waals surface area contributed by atoms with Crippen LogP contribution in [0.2, 0.25) is 0 Å². The molecule has 0 aliphatic rings. The van der Waals surface area contributed by atoms with Gasteiger partial charge < -0.3 is 30.7 Å². The molecule has 5 atom stereocenters. The highest BCUT2D eigenvalue weighted by Crippen LogP contribution is 2.19. The molecule has 0 aliphatic carbocycles. The molecule has 13 heteroatoms. The van der Waals surface area contributed by atoms with Crippen molar-refractivity contribution in [2.45, 2.75) is 57.1 Å². The molecule has 5 unspecified atom stereocenters. The van der Waals surface area contributed by atoms with Gasteiger partial charge in [-0.2, -0.15) is 11.8 Å². The van der Waals surface area contributed by atoms with Crippen molar-refractivity contribution in [1.82, 2.24) is 16.1 Å². The van der Waals surface area contributed by atoms with Crippen molar-refractivity contribution < 1.29 is 44.4 Å². The van der Waals surface area contributed by atoms with E-state index in [4.69, 9.17) is 9.94 Å². The number of hydrogen-bond acceptors (Lipinski definition) is 10. The molecule has 2 aromatic rings. The van der Waals surface area contributed by atoms with Crippen LogP contribution in [0.3, 0.4) is 0 Å². The van der Waals surface area contributed by atoms with Gasteiger partial charge in [-0.3, -0.25) is 24.4 Å². The van der Waals surface area contributed by atoms with E-state index in [1.165, 1.54) is 5.48 Å². The summed E-state index contributed by atoms with van der Waals surface area (Å²) in [7, 11) is 0. The van der Waals surface area contributed by atoms with Crippen LogP contribution in [0.4, 0.5) is 0 Å². The van der Waals surface area contributed by atoms with Crippen LogP contribution in [-0.4, -0.2) is 99.1 Å². The lowest BCUT2D eigenvalue weighted by atomic mass is 9.94. The van der Waals surface area contributed by atoms with E-state index in [0.29, 0.717) is 12.0 Å². The zero-order chi connectivity index (χ0) is 31.1. The van der Waals surface area contributed by atoms with Gasteiger partial charge in [-0.15, -0.1) is 0 Å². The van der Waals surface area contributed by atoms with E-state index >= 15 is 0 Å². The second kappa shape index (κ2) is 18.3. The first kappa shape index (κ1) is 34.9. The Kier molecular flexibility index (Phi) is 15.2. The number of amides is 3. The number of Topliss-reactive ketones (excluding diaryl/α,β-unsaturated/α-hetero) is 1. The Morgan fingerprint density at radius 1 is 0.929 bits per heavy atom. The Morgan fingerprint density at radius 3 is 2.17 bits per heavy atom. The number of aliphatic hydroxyl groups excluding tert-OH is 3. The van der Waals surface area contributed by atoms with E-state index in [1.54, 1.807) is 36.0 Å². The summed E-state index contributed by atoms with van der Waals surface area (Å²) in [5, 5.41) is 45.5. The van der Waals surface area contributed by atoms with Crippen LogP contribution in [0, 0.1) is 0 Å². The maximum absolute atomic E-state index is 13.0. The van der Waals surface area contributed by atoms with Gasteiger partial charge in [0.2, 0.25) is 5.91 Å². The van der Waals surface area contributed by atoms with Crippen molar-refractivity contribution >= 4 is 35.3 Å². The minimum Gasteiger partial charge on any atom is -0.388 e. The van der Waals surface area contributed by atoms with Crippen molar-refractivity contribution in [2.24, 2.45) is 0 Å². The van der Waals surface area contributed by atoms with Gasteiger partial charge in [0, 0.05) is 32.1 Å². The fraction of sp³-hybridized carbons (Fsp3) is 0.448. The van der Waals surface area contributed by atoms with Crippen LogP contribution in [-0.2, 0) is 19.1 Å². The first-order valence-corrected chi connectivity index (χ1v) is 14.6. The van der Waals surface area contributed by atoms with Gasteiger partial charge in [-0.05, 0) is 41.2 Å². The number of rotatable bonds is 18. The maximum Gasteiger partial charge on any atom is 0.272 e. The predicted molar refractivity (Wildman–Crippen MR) is 157 cm³/mol. The molecule has 42 heavy (non-hydrogen) atoms. The smallest absolute Gasteiger partial charge is 0.272 e. The first-order valence-electron chi connectivity index (χ1n) is 13.5. The van der Waals surface area contributed by atoms with E-state index < -0.39 is 66.9 Å². The Morgan fingerprint density at radius 2 is 1.57 bits per heavy atom. The van der Waals surface area contributed by atoms with E-state index in [2.05, 4.69) is 10.6 Å². The van der Waals surface area contributed by atoms with Crippen molar-refractivity contribution in [3.63, 3.8) is 0 Å². The summed E-state index contributed by atoms with van der Waals surface area (Å²) in [5.74, 6) is -1.50. The summed E-state index contributed by atoms with van der Waals surface area (Å²) in [6.07, 6.45) is -7.19. The van der Waals surface area contributed by atoms with Gasteiger partial charge in [-0.25, -0.2) is 5.48 Å². The fourth-order valence-corrected chi connectivity index (χ4v) is 4.62. The standard InChI is InChI=1S/C29H39N3O9S/c1-3-42-15-7-14-41-24(29(39)32-40)16-22(34)25(31-18(2)33)27(37)26(36)23(35)17-30-28(38)21-12-10-20(11-13-21)19-8-5-4-6-9-19/h4-6,8-13,23-27,35-37,40H,3,7,14-17H2,1-2H3,(H,30,38)(H,31,33)(H,32,39). The largest absolute Gasteiger partial charge is 0.388 e. The average Bonchev–Trinajstić information content (AvgIpc) is 3.00. The second-order valence-electron chi connectivity index (χ2n) is 9.44. The molecule has 12 nitrogen and oxygen atoms in total. The van der Waals surface area contributed by atoms with E-state index in [9.17, 15) is 34.5 Å². The van der Waals surface area contributed by atoms with Gasteiger partial charge in [-0.1, -0.05) is 49.4 Å². The van der Waals surface area contributed by atoms with Crippen LogP contribution >= 0.6 is 11.8 Å². The number of ketones is 1. The molecule has 0 saturated carbocycles. The summed E-state index contributed by atoms with van der Waals surface area (Å²) in [6.45, 7) is 2.71. The molecule has 0 saturated heterocycles. The molecule has 0 fully saturated rings. The lowest BCUT2D eigenvalue weighted by Crippen LogP contribution is -2.57. The lowest BCUT2D eigenvalue weighted by molar-refractivity contribution is -0.147. The minimum atomic E-state index is -2.00. The summed E-state index contributed by atoms with van der Waals surface area (Å²) in [6, 6.07) is 14.6. The summed E-state index contributed by atoms with van der Waals surface area (Å²) in [4.78, 5) is 49.4. The Hall–Kier alpha value is -3.33. The van der Waals surface area contributed by atoms with Crippen LogP contribution in [0.15, 0.2) is 54.6 Å². The molecule has 230 valence electrons. The average molecular weight is 606 g/mol. The van der Waals surface area contributed by atoms with Gasteiger partial charge in [0.05, 0.1) is 6.10 Å². The monoisotopic (exact) mass is 605 g/mol. The number of carbonyl (C=O) groups is 4. The molecule has 0 spiro atoms. The Labute approximate surface area is 248 Å². The van der Waals surface area contributed by atoms with Crippen molar-refractivity contribution in [1.29, 1.82) is 0 Å². The quantitative estimate of drug-likeness (QED) is 0.0721. The summed E-state index contributed by atoms with van der Waals surface area (Å²) in [5.41, 5.74) is 3.59. The normalized spacial score (nSPS) is 14.6. The van der Waals surface area contributed by atoms with Crippen LogP contribution in [0.25, 0.3) is 11.1 Å². The highest BCUT2D eigenvalue weighted by Gasteiger charge is 2.38. The molecular weight excluding hydrogens is 566 g/mol. The molecule has 2 rings (SSSR count). The number of aliphatic hydroxyl groups is 3. The number of thioether (sulfide) groups is 1. The number of ether oxygens (including phenoxy) is 1. The molecule has 0 bridgehead atoms. The fourth-order valence-electron chi connectivity index (χ4n) is 4.00. The van der Waals surface area contributed by atoms with Crippen molar-refractivity contribution in [3.8, 4) is 11.1 Å². The SMILES string of the molecule is CCSCCCOC(CC(=O)C(NC(C)=O)C(O)C(O)C(O)CNC(=O)c1ccc(-c2ccccc2)cc1)C(=O)NO.